The molecule has 0 radical (unpaired) electrons. The highest BCUT2D eigenvalue weighted by atomic mass is 35.5. The van der Waals surface area contributed by atoms with Crippen molar-refractivity contribution in [2.45, 2.75) is 0 Å². The van der Waals surface area contributed by atoms with Crippen LogP contribution >= 0.6 is 11.6 Å². The van der Waals surface area contributed by atoms with Crippen LogP contribution in [0.15, 0.2) is 42.6 Å². The Labute approximate surface area is 96.7 Å². The first-order valence-electron chi connectivity index (χ1n) is 4.59. The number of pyridine rings is 1. The van der Waals surface area contributed by atoms with E-state index in [1.165, 1.54) is 18.3 Å². The lowest BCUT2D eigenvalue weighted by molar-refractivity contribution is 0.103. The van der Waals surface area contributed by atoms with Crippen molar-refractivity contribution >= 4 is 17.4 Å². The lowest BCUT2D eigenvalue weighted by Crippen LogP contribution is -2.04. The molecule has 2 rings (SSSR count). The van der Waals surface area contributed by atoms with E-state index in [0.717, 1.165) is 6.07 Å². The van der Waals surface area contributed by atoms with Crippen molar-refractivity contribution < 1.29 is 9.18 Å². The van der Waals surface area contributed by atoms with E-state index in [1.54, 1.807) is 18.2 Å². The van der Waals surface area contributed by atoms with Crippen molar-refractivity contribution in [1.82, 2.24) is 4.98 Å². The molecule has 0 aliphatic rings. The molecule has 0 saturated heterocycles. The molecule has 2 nitrogen and oxygen atoms in total. The first-order chi connectivity index (χ1) is 7.68. The van der Waals surface area contributed by atoms with E-state index in [-0.39, 0.29) is 22.1 Å². The summed E-state index contributed by atoms with van der Waals surface area (Å²) in [6, 6.07) is 8.66. The maximum Gasteiger partial charge on any atom is 0.212 e. The van der Waals surface area contributed by atoms with Gasteiger partial charge in [0, 0.05) is 11.8 Å². The fourth-order valence-corrected chi connectivity index (χ4v) is 1.56. The maximum absolute atomic E-state index is 12.8. The topological polar surface area (TPSA) is 30.0 Å². The van der Waals surface area contributed by atoms with Gasteiger partial charge in [0.05, 0.1) is 5.02 Å². The molecule has 0 saturated carbocycles. The maximum atomic E-state index is 12.8. The average molecular weight is 236 g/mol. The molecule has 0 N–H and O–H groups in total. The van der Waals surface area contributed by atoms with Gasteiger partial charge in [0.1, 0.15) is 11.5 Å². The molecule has 2 aromatic rings. The Bertz CT molecular complexity index is 528. The summed E-state index contributed by atoms with van der Waals surface area (Å²) >= 11 is 5.79. The van der Waals surface area contributed by atoms with Crippen molar-refractivity contribution in [1.29, 1.82) is 0 Å². The van der Waals surface area contributed by atoms with Gasteiger partial charge < -0.3 is 0 Å². The van der Waals surface area contributed by atoms with Crippen LogP contribution in [0.3, 0.4) is 0 Å². The number of hydrogen-bond acceptors (Lipinski definition) is 2. The molecular formula is C12H7ClFNO. The zero-order chi connectivity index (χ0) is 11.5. The number of carbonyl (C=O) groups is 1. The number of aromatic nitrogens is 1. The van der Waals surface area contributed by atoms with Gasteiger partial charge in [-0.3, -0.25) is 9.78 Å². The lowest BCUT2D eigenvalue weighted by Gasteiger charge is -2.02. The van der Waals surface area contributed by atoms with Gasteiger partial charge in [0.2, 0.25) is 5.78 Å². The Morgan fingerprint density at radius 3 is 2.69 bits per heavy atom. The SMILES string of the molecule is O=C(c1ccccn1)c1ccc(F)cc1Cl. The van der Waals surface area contributed by atoms with Crippen molar-refractivity contribution in [3.63, 3.8) is 0 Å². The largest absolute Gasteiger partial charge is 0.287 e. The Balaban J connectivity index is 2.42. The van der Waals surface area contributed by atoms with Crippen LogP contribution < -0.4 is 0 Å². The summed E-state index contributed by atoms with van der Waals surface area (Å²) in [6.07, 6.45) is 1.52. The highest BCUT2D eigenvalue weighted by Gasteiger charge is 2.13. The minimum Gasteiger partial charge on any atom is -0.287 e. The first-order valence-corrected chi connectivity index (χ1v) is 4.97. The van der Waals surface area contributed by atoms with Gasteiger partial charge in [-0.15, -0.1) is 0 Å². The molecule has 4 heteroatoms. The molecule has 0 atom stereocenters. The van der Waals surface area contributed by atoms with Gasteiger partial charge >= 0.3 is 0 Å². The fourth-order valence-electron chi connectivity index (χ4n) is 1.31. The van der Waals surface area contributed by atoms with Gasteiger partial charge in [-0.25, -0.2) is 4.39 Å². The van der Waals surface area contributed by atoms with Gasteiger partial charge in [0.15, 0.2) is 0 Å². The van der Waals surface area contributed by atoms with Crippen LogP contribution in [0, 0.1) is 5.82 Å². The van der Waals surface area contributed by atoms with Crippen LogP contribution in [0.25, 0.3) is 0 Å². The van der Waals surface area contributed by atoms with Gasteiger partial charge in [-0.2, -0.15) is 0 Å². The third-order valence-corrected chi connectivity index (χ3v) is 2.39. The van der Waals surface area contributed by atoms with Gasteiger partial charge in [-0.1, -0.05) is 17.7 Å². The van der Waals surface area contributed by atoms with Crippen LogP contribution in [0.5, 0.6) is 0 Å². The predicted molar refractivity (Wildman–Crippen MR) is 59.1 cm³/mol. The van der Waals surface area contributed by atoms with Crippen molar-refractivity contribution in [3.05, 3.63) is 64.7 Å². The second-order valence-corrected chi connectivity index (χ2v) is 3.58. The van der Waals surface area contributed by atoms with Crippen molar-refractivity contribution in [2.24, 2.45) is 0 Å². The van der Waals surface area contributed by atoms with Crippen LogP contribution in [-0.4, -0.2) is 10.8 Å². The predicted octanol–water partition coefficient (Wildman–Crippen LogP) is 3.11. The van der Waals surface area contributed by atoms with Crippen LogP contribution in [0.2, 0.25) is 5.02 Å². The Morgan fingerprint density at radius 1 is 1.25 bits per heavy atom. The highest BCUT2D eigenvalue weighted by molar-refractivity contribution is 6.34. The molecule has 1 heterocycles. The zero-order valence-electron chi connectivity index (χ0n) is 8.15. The molecule has 0 amide bonds. The number of hydrogen-bond donors (Lipinski definition) is 0. The summed E-state index contributed by atoms with van der Waals surface area (Å²) in [6.45, 7) is 0. The van der Waals surface area contributed by atoms with E-state index < -0.39 is 5.82 Å². The molecule has 0 aliphatic heterocycles. The molecule has 0 bridgehead atoms. The Hall–Kier alpha value is -1.74. The summed E-state index contributed by atoms with van der Waals surface area (Å²) in [5, 5.41) is 0.0932. The molecule has 1 aromatic carbocycles. The quantitative estimate of drug-likeness (QED) is 0.749. The average Bonchev–Trinajstić information content (AvgIpc) is 2.29. The molecule has 0 fully saturated rings. The Morgan fingerprint density at radius 2 is 2.06 bits per heavy atom. The third-order valence-electron chi connectivity index (χ3n) is 2.07. The van der Waals surface area contributed by atoms with E-state index in [0.29, 0.717) is 0 Å². The normalized spacial score (nSPS) is 10.1. The van der Waals surface area contributed by atoms with E-state index >= 15 is 0 Å². The molecule has 0 spiro atoms. The van der Waals surface area contributed by atoms with Gasteiger partial charge in [0.25, 0.3) is 0 Å². The summed E-state index contributed by atoms with van der Waals surface area (Å²) in [5.74, 6) is -0.784. The van der Waals surface area contributed by atoms with E-state index in [1.807, 2.05) is 0 Å². The second kappa shape index (κ2) is 4.41. The smallest absolute Gasteiger partial charge is 0.212 e. The molecule has 0 unspecified atom stereocenters. The van der Waals surface area contributed by atoms with Crippen LogP contribution in [-0.2, 0) is 0 Å². The summed E-state index contributed by atoms with van der Waals surface area (Å²) in [7, 11) is 0. The summed E-state index contributed by atoms with van der Waals surface area (Å²) < 4.78 is 12.8. The standard InChI is InChI=1S/C12H7ClFNO/c13-10-7-8(14)4-5-9(10)12(16)11-3-1-2-6-15-11/h1-7H. The first kappa shape index (κ1) is 10.8. The van der Waals surface area contributed by atoms with Crippen molar-refractivity contribution in [3.8, 4) is 0 Å². The Kier molecular flexibility index (Phi) is 2.97. The number of benzene rings is 1. The van der Waals surface area contributed by atoms with E-state index in [9.17, 15) is 9.18 Å². The van der Waals surface area contributed by atoms with Crippen LogP contribution in [0.1, 0.15) is 16.1 Å². The van der Waals surface area contributed by atoms with E-state index in [4.69, 9.17) is 11.6 Å². The van der Waals surface area contributed by atoms with Crippen LogP contribution in [0.4, 0.5) is 4.39 Å². The third kappa shape index (κ3) is 2.09. The summed E-state index contributed by atoms with van der Waals surface area (Å²) in [5.41, 5.74) is 0.540. The fraction of sp³-hybridized carbons (Fsp3) is 0. The number of carbonyl (C=O) groups excluding carboxylic acids is 1. The summed E-state index contributed by atoms with van der Waals surface area (Å²) in [4.78, 5) is 15.8. The number of ketones is 1. The molecule has 80 valence electrons. The minimum absolute atomic E-state index is 0.0932. The molecule has 0 aliphatic carbocycles. The highest BCUT2D eigenvalue weighted by Crippen LogP contribution is 2.19. The number of nitrogens with zero attached hydrogens (tertiary/aromatic N) is 1. The zero-order valence-corrected chi connectivity index (χ0v) is 8.91. The molecule has 16 heavy (non-hydrogen) atoms. The minimum atomic E-state index is -0.470. The number of rotatable bonds is 2. The lowest BCUT2D eigenvalue weighted by atomic mass is 10.1. The van der Waals surface area contributed by atoms with Gasteiger partial charge in [-0.05, 0) is 30.3 Å². The molecular weight excluding hydrogens is 229 g/mol. The second-order valence-electron chi connectivity index (χ2n) is 3.17. The van der Waals surface area contributed by atoms with Crippen molar-refractivity contribution in [2.75, 3.05) is 0 Å². The monoisotopic (exact) mass is 235 g/mol. The van der Waals surface area contributed by atoms with E-state index in [2.05, 4.69) is 4.98 Å². The number of halogens is 2. The molecule has 1 aromatic heterocycles.